The van der Waals surface area contributed by atoms with Crippen molar-refractivity contribution in [2.75, 3.05) is 38.6 Å². The zero-order valence-electron chi connectivity index (χ0n) is 14.6. The maximum atomic E-state index is 9.69. The van der Waals surface area contributed by atoms with Crippen molar-refractivity contribution in [1.82, 2.24) is 20.1 Å². The Morgan fingerprint density at radius 3 is 2.92 bits per heavy atom. The summed E-state index contributed by atoms with van der Waals surface area (Å²) in [6, 6.07) is 7.71. The van der Waals surface area contributed by atoms with Crippen LogP contribution in [0.4, 0.5) is 5.95 Å². The summed E-state index contributed by atoms with van der Waals surface area (Å²) in [5, 5.41) is 21.0. The molecule has 2 aromatic rings. The van der Waals surface area contributed by atoms with Gasteiger partial charge in [0.15, 0.2) is 0 Å². The molecule has 0 bridgehead atoms. The van der Waals surface area contributed by atoms with Crippen molar-refractivity contribution in [2.24, 2.45) is 0 Å². The van der Waals surface area contributed by atoms with Crippen LogP contribution in [0.5, 0.6) is 5.75 Å². The lowest BCUT2D eigenvalue weighted by Crippen LogP contribution is -2.39. The van der Waals surface area contributed by atoms with E-state index >= 15 is 0 Å². The Hall–Kier alpha value is -2.25. The molecule has 1 aliphatic heterocycles. The van der Waals surface area contributed by atoms with E-state index in [1.54, 1.807) is 13.3 Å². The smallest absolute Gasteiger partial charge is 0.243 e. The highest BCUT2D eigenvalue weighted by molar-refractivity contribution is 5.60. The van der Waals surface area contributed by atoms with E-state index in [1.807, 2.05) is 24.3 Å². The molecule has 7 nitrogen and oxygen atoms in total. The fourth-order valence-corrected chi connectivity index (χ4v) is 3.02. The number of likely N-dealkylation sites (tertiary alicyclic amines) is 1. The second-order valence-corrected chi connectivity index (χ2v) is 6.27. The summed E-state index contributed by atoms with van der Waals surface area (Å²) in [5.41, 5.74) is 1.75. The van der Waals surface area contributed by atoms with E-state index in [4.69, 9.17) is 4.74 Å². The van der Waals surface area contributed by atoms with Gasteiger partial charge in [0.05, 0.1) is 25.1 Å². The predicted molar refractivity (Wildman–Crippen MR) is 96.6 cm³/mol. The van der Waals surface area contributed by atoms with Gasteiger partial charge >= 0.3 is 0 Å². The highest BCUT2D eigenvalue weighted by Crippen LogP contribution is 2.20. The van der Waals surface area contributed by atoms with Crippen LogP contribution in [-0.4, -0.2) is 64.6 Å². The normalized spacial score (nSPS) is 18.1. The number of methoxy groups -OCH3 is 1. The van der Waals surface area contributed by atoms with Crippen molar-refractivity contribution in [1.29, 1.82) is 0 Å². The Labute approximate surface area is 148 Å². The number of hydrogen-bond donors (Lipinski definition) is 2. The standard InChI is InChI=1S/C18H25N5O2/c1-25-16-7-5-14(6-8-16)17-12-20-22-18(21-17)19-9-3-11-23-10-2-4-15(24)13-23/h5-8,12,15,24H,2-4,9-11,13H2,1H3,(H,19,21,22). The average Bonchev–Trinajstić information content (AvgIpc) is 2.66. The zero-order chi connectivity index (χ0) is 17.5. The third-order valence-corrected chi connectivity index (χ3v) is 4.36. The Morgan fingerprint density at radius 2 is 2.16 bits per heavy atom. The molecule has 2 N–H and O–H groups in total. The Kier molecular flexibility index (Phi) is 6.14. The van der Waals surface area contributed by atoms with Crippen LogP contribution in [0.2, 0.25) is 0 Å². The molecule has 0 amide bonds. The van der Waals surface area contributed by atoms with Crippen LogP contribution in [-0.2, 0) is 0 Å². The summed E-state index contributed by atoms with van der Waals surface area (Å²) < 4.78 is 5.17. The molecule has 0 saturated carbocycles. The fraction of sp³-hybridized carbons (Fsp3) is 0.500. The summed E-state index contributed by atoms with van der Waals surface area (Å²) >= 11 is 0. The number of nitrogens with one attached hydrogen (secondary N) is 1. The first-order valence-electron chi connectivity index (χ1n) is 8.73. The van der Waals surface area contributed by atoms with Crippen LogP contribution < -0.4 is 10.1 Å². The third kappa shape index (κ3) is 5.11. The molecular weight excluding hydrogens is 318 g/mol. The minimum absolute atomic E-state index is 0.171. The average molecular weight is 343 g/mol. The van der Waals surface area contributed by atoms with Crippen LogP contribution in [0, 0.1) is 0 Å². The monoisotopic (exact) mass is 343 g/mol. The number of aliphatic hydroxyl groups excluding tert-OH is 1. The van der Waals surface area contributed by atoms with Crippen molar-refractivity contribution in [2.45, 2.75) is 25.4 Å². The molecule has 1 saturated heterocycles. The van der Waals surface area contributed by atoms with E-state index in [2.05, 4.69) is 25.4 Å². The van der Waals surface area contributed by atoms with Gasteiger partial charge in [0.1, 0.15) is 5.75 Å². The largest absolute Gasteiger partial charge is 0.497 e. The maximum absolute atomic E-state index is 9.69. The number of nitrogens with zero attached hydrogens (tertiary/aromatic N) is 4. The molecule has 0 aliphatic carbocycles. The topological polar surface area (TPSA) is 83.4 Å². The summed E-state index contributed by atoms with van der Waals surface area (Å²) in [4.78, 5) is 6.82. The number of aromatic nitrogens is 3. The van der Waals surface area contributed by atoms with Gasteiger partial charge in [-0.15, -0.1) is 5.10 Å². The summed E-state index contributed by atoms with van der Waals surface area (Å²) in [6.45, 7) is 3.60. The van der Waals surface area contributed by atoms with Gasteiger partial charge in [0.25, 0.3) is 0 Å². The molecule has 1 aliphatic rings. The van der Waals surface area contributed by atoms with E-state index in [0.717, 1.165) is 62.4 Å². The summed E-state index contributed by atoms with van der Waals surface area (Å²) in [5.74, 6) is 1.35. The Balaban J connectivity index is 1.49. The molecule has 134 valence electrons. The number of benzene rings is 1. The number of hydrogen-bond acceptors (Lipinski definition) is 7. The molecule has 1 aromatic heterocycles. The van der Waals surface area contributed by atoms with Gasteiger partial charge in [0, 0.05) is 18.7 Å². The number of anilines is 1. The van der Waals surface area contributed by atoms with E-state index in [-0.39, 0.29) is 6.10 Å². The van der Waals surface area contributed by atoms with Gasteiger partial charge in [0.2, 0.25) is 5.95 Å². The zero-order valence-corrected chi connectivity index (χ0v) is 14.6. The molecule has 2 heterocycles. The highest BCUT2D eigenvalue weighted by atomic mass is 16.5. The van der Waals surface area contributed by atoms with Gasteiger partial charge in [-0.25, -0.2) is 4.98 Å². The Morgan fingerprint density at radius 1 is 1.32 bits per heavy atom. The lowest BCUT2D eigenvalue weighted by atomic mass is 10.1. The fourth-order valence-electron chi connectivity index (χ4n) is 3.02. The molecule has 0 spiro atoms. The molecule has 1 atom stereocenters. The Bertz CT molecular complexity index is 665. The summed E-state index contributed by atoms with van der Waals surface area (Å²) in [7, 11) is 1.65. The van der Waals surface area contributed by atoms with E-state index in [9.17, 15) is 5.11 Å². The van der Waals surface area contributed by atoms with Gasteiger partial charge in [-0.3, -0.25) is 0 Å². The lowest BCUT2D eigenvalue weighted by molar-refractivity contribution is 0.0706. The quantitative estimate of drug-likeness (QED) is 0.742. The molecule has 1 unspecified atom stereocenters. The molecule has 1 aromatic carbocycles. The number of β-amino-alcohol motifs (C(OH)–C–C–N with tert-alkyl or cyclic N) is 1. The molecule has 3 rings (SSSR count). The van der Waals surface area contributed by atoms with E-state index < -0.39 is 0 Å². The lowest BCUT2D eigenvalue weighted by Gasteiger charge is -2.29. The van der Waals surface area contributed by atoms with Crippen molar-refractivity contribution in [3.63, 3.8) is 0 Å². The van der Waals surface area contributed by atoms with Gasteiger partial charge in [-0.05, 0) is 56.6 Å². The minimum Gasteiger partial charge on any atom is -0.497 e. The number of rotatable bonds is 7. The third-order valence-electron chi connectivity index (χ3n) is 4.36. The maximum Gasteiger partial charge on any atom is 0.243 e. The highest BCUT2D eigenvalue weighted by Gasteiger charge is 2.16. The van der Waals surface area contributed by atoms with Gasteiger partial charge in [-0.1, -0.05) is 0 Å². The molecule has 7 heteroatoms. The number of aliphatic hydroxyl groups is 1. The molecular formula is C18H25N5O2. The van der Waals surface area contributed by atoms with Crippen molar-refractivity contribution < 1.29 is 9.84 Å². The molecule has 25 heavy (non-hydrogen) atoms. The SMILES string of the molecule is COc1ccc(-c2cnnc(NCCCN3CCCC(O)C3)n2)cc1. The van der Waals surface area contributed by atoms with Crippen molar-refractivity contribution >= 4 is 5.95 Å². The van der Waals surface area contributed by atoms with Gasteiger partial charge in [-0.2, -0.15) is 5.10 Å². The summed E-state index contributed by atoms with van der Waals surface area (Å²) in [6.07, 6.45) is 4.46. The molecule has 1 fully saturated rings. The van der Waals surface area contributed by atoms with E-state index in [0.29, 0.717) is 5.95 Å². The van der Waals surface area contributed by atoms with Crippen LogP contribution in [0.25, 0.3) is 11.3 Å². The first-order chi connectivity index (χ1) is 12.2. The first-order valence-corrected chi connectivity index (χ1v) is 8.73. The van der Waals surface area contributed by atoms with Crippen molar-refractivity contribution in [3.05, 3.63) is 30.5 Å². The predicted octanol–water partition coefficient (Wildman–Crippen LogP) is 1.81. The first kappa shape index (κ1) is 17.6. The minimum atomic E-state index is -0.171. The molecule has 0 radical (unpaired) electrons. The second-order valence-electron chi connectivity index (χ2n) is 6.27. The van der Waals surface area contributed by atoms with Crippen LogP contribution in [0.1, 0.15) is 19.3 Å². The van der Waals surface area contributed by atoms with Crippen LogP contribution in [0.15, 0.2) is 30.5 Å². The second kappa shape index (κ2) is 8.73. The van der Waals surface area contributed by atoms with E-state index in [1.165, 1.54) is 0 Å². The van der Waals surface area contributed by atoms with Crippen molar-refractivity contribution in [3.8, 4) is 17.0 Å². The van der Waals surface area contributed by atoms with Crippen LogP contribution in [0.3, 0.4) is 0 Å². The number of ether oxygens (including phenoxy) is 1. The van der Waals surface area contributed by atoms with Crippen LogP contribution >= 0.6 is 0 Å². The van der Waals surface area contributed by atoms with Gasteiger partial charge < -0.3 is 20.1 Å². The number of piperidine rings is 1.